The van der Waals surface area contributed by atoms with E-state index < -0.39 is 23.5 Å². The van der Waals surface area contributed by atoms with Crippen LogP contribution in [0.15, 0.2) is 72.3 Å². The van der Waals surface area contributed by atoms with E-state index in [0.29, 0.717) is 28.0 Å². The van der Waals surface area contributed by atoms with Gasteiger partial charge in [0.2, 0.25) is 0 Å². The van der Waals surface area contributed by atoms with Gasteiger partial charge in [0.1, 0.15) is 17.3 Å². The Labute approximate surface area is 187 Å². The maximum atomic E-state index is 13.8. The van der Waals surface area contributed by atoms with Gasteiger partial charge >= 0.3 is 12.1 Å². The van der Waals surface area contributed by atoms with Crippen LogP contribution in [-0.2, 0) is 11.0 Å². The van der Waals surface area contributed by atoms with E-state index in [4.69, 9.17) is 4.74 Å². The van der Waals surface area contributed by atoms with E-state index in [1.807, 2.05) is 6.08 Å². The predicted octanol–water partition coefficient (Wildman–Crippen LogP) is 7.44. The lowest BCUT2D eigenvalue weighted by atomic mass is 10.0. The lowest BCUT2D eigenvalue weighted by Gasteiger charge is -2.11. The Bertz CT molecular complexity index is 1300. The van der Waals surface area contributed by atoms with Crippen LogP contribution < -0.4 is 4.74 Å². The zero-order chi connectivity index (χ0) is 23.8. The van der Waals surface area contributed by atoms with Crippen LogP contribution in [0, 0.1) is 5.82 Å². The molecular formula is C26H18F4O3. The highest BCUT2D eigenvalue weighted by atomic mass is 19.4. The molecule has 1 aliphatic carbocycles. The van der Waals surface area contributed by atoms with Gasteiger partial charge in [0.25, 0.3) is 0 Å². The molecule has 1 aliphatic rings. The zero-order valence-corrected chi connectivity index (χ0v) is 17.4. The largest absolute Gasteiger partial charge is 0.481 e. The summed E-state index contributed by atoms with van der Waals surface area (Å²) in [5.74, 6) is -1.08. The van der Waals surface area contributed by atoms with Crippen LogP contribution in [0.2, 0.25) is 0 Å². The van der Waals surface area contributed by atoms with Crippen molar-refractivity contribution in [1.82, 2.24) is 0 Å². The molecule has 3 aromatic rings. The van der Waals surface area contributed by atoms with E-state index in [9.17, 15) is 27.5 Å². The summed E-state index contributed by atoms with van der Waals surface area (Å²) in [6.07, 6.45) is -2.89. The molecule has 0 unspecified atom stereocenters. The van der Waals surface area contributed by atoms with E-state index >= 15 is 0 Å². The topological polar surface area (TPSA) is 46.5 Å². The average molecular weight is 454 g/mol. The molecule has 0 aromatic heterocycles. The average Bonchev–Trinajstić information content (AvgIpc) is 2.98. The summed E-state index contributed by atoms with van der Waals surface area (Å²) < 4.78 is 58.4. The van der Waals surface area contributed by atoms with Crippen molar-refractivity contribution < 1.29 is 32.2 Å². The minimum absolute atomic E-state index is 0.0520. The third kappa shape index (κ3) is 4.82. The van der Waals surface area contributed by atoms with Crippen LogP contribution in [0.5, 0.6) is 11.5 Å². The van der Waals surface area contributed by atoms with Crippen LogP contribution in [0.4, 0.5) is 17.6 Å². The molecule has 0 bridgehead atoms. The van der Waals surface area contributed by atoms with Crippen LogP contribution in [0.25, 0.3) is 17.2 Å². The van der Waals surface area contributed by atoms with Crippen molar-refractivity contribution in [1.29, 1.82) is 0 Å². The Morgan fingerprint density at radius 3 is 2.36 bits per heavy atom. The van der Waals surface area contributed by atoms with Gasteiger partial charge < -0.3 is 9.84 Å². The first-order valence-electron chi connectivity index (χ1n) is 10.0. The number of alkyl halides is 3. The van der Waals surface area contributed by atoms with Crippen molar-refractivity contribution >= 4 is 23.2 Å². The van der Waals surface area contributed by atoms with Gasteiger partial charge in [-0.25, -0.2) is 4.39 Å². The molecule has 4 rings (SSSR count). The Hall–Kier alpha value is -3.87. The first kappa shape index (κ1) is 22.3. The van der Waals surface area contributed by atoms with Crippen LogP contribution >= 0.6 is 0 Å². The van der Waals surface area contributed by atoms with Crippen LogP contribution in [0.3, 0.4) is 0 Å². The molecular weight excluding hydrogens is 436 g/mol. The number of carboxylic acid groups (broad SMARTS) is 1. The standard InChI is InChI=1S/C26H18F4O3/c1-15-22(21-9-8-18(27)13-24(21)23(15)14-25(31)32)11-16-4-2-6-19(10-16)33-20-7-3-5-17(12-20)26(28,29)30/h2-13H,14H2,1H3,(H,31,32)/b22-11-. The lowest BCUT2D eigenvalue weighted by Crippen LogP contribution is -2.04. The smallest absolute Gasteiger partial charge is 0.416 e. The molecule has 33 heavy (non-hydrogen) atoms. The SMILES string of the molecule is CC1=C(CC(=O)O)c2cc(F)ccc2/C1=C\c1cccc(Oc2cccc(C(F)(F)F)c2)c1. The fourth-order valence-electron chi connectivity index (χ4n) is 3.84. The molecule has 0 amide bonds. The number of carbonyl (C=O) groups is 1. The number of rotatable bonds is 5. The maximum Gasteiger partial charge on any atom is 0.416 e. The molecule has 0 spiro atoms. The van der Waals surface area contributed by atoms with Crippen molar-refractivity contribution in [2.24, 2.45) is 0 Å². The van der Waals surface area contributed by atoms with Crippen molar-refractivity contribution in [3.05, 3.63) is 100 Å². The number of aliphatic carboxylic acids is 1. The van der Waals surface area contributed by atoms with Crippen LogP contribution in [0.1, 0.15) is 35.6 Å². The highest BCUT2D eigenvalue weighted by Crippen LogP contribution is 2.44. The van der Waals surface area contributed by atoms with E-state index in [2.05, 4.69) is 0 Å². The first-order chi connectivity index (χ1) is 15.6. The summed E-state index contributed by atoms with van der Waals surface area (Å²) in [7, 11) is 0. The second-order valence-corrected chi connectivity index (χ2v) is 7.62. The molecule has 0 fully saturated rings. The van der Waals surface area contributed by atoms with Crippen LogP contribution in [-0.4, -0.2) is 11.1 Å². The van der Waals surface area contributed by atoms with Crippen molar-refractivity contribution in [3.63, 3.8) is 0 Å². The molecule has 1 N–H and O–H groups in total. The lowest BCUT2D eigenvalue weighted by molar-refractivity contribution is -0.138. The predicted molar refractivity (Wildman–Crippen MR) is 117 cm³/mol. The van der Waals surface area contributed by atoms with Gasteiger partial charge in [-0.05, 0) is 88.9 Å². The number of hydrogen-bond donors (Lipinski definition) is 1. The van der Waals surface area contributed by atoms with Crippen molar-refractivity contribution in [2.75, 3.05) is 0 Å². The number of fused-ring (bicyclic) bond motifs is 1. The van der Waals surface area contributed by atoms with Gasteiger partial charge in [0.05, 0.1) is 12.0 Å². The summed E-state index contributed by atoms with van der Waals surface area (Å²) in [5.41, 5.74) is 3.16. The maximum absolute atomic E-state index is 13.8. The zero-order valence-electron chi connectivity index (χ0n) is 17.4. The molecule has 0 atom stereocenters. The summed E-state index contributed by atoms with van der Waals surface area (Å²) in [4.78, 5) is 11.3. The monoisotopic (exact) mass is 454 g/mol. The minimum Gasteiger partial charge on any atom is -0.481 e. The van der Waals surface area contributed by atoms with Gasteiger partial charge in [-0.15, -0.1) is 0 Å². The summed E-state index contributed by atoms with van der Waals surface area (Å²) in [6.45, 7) is 1.78. The number of hydrogen-bond acceptors (Lipinski definition) is 2. The Balaban J connectivity index is 1.69. The molecule has 0 aliphatic heterocycles. The third-order valence-corrected chi connectivity index (χ3v) is 5.35. The molecule has 3 aromatic carbocycles. The number of ether oxygens (including phenoxy) is 1. The highest BCUT2D eigenvalue weighted by Gasteiger charge is 2.30. The molecule has 7 heteroatoms. The van der Waals surface area contributed by atoms with Crippen molar-refractivity contribution in [2.45, 2.75) is 19.5 Å². The highest BCUT2D eigenvalue weighted by molar-refractivity contribution is 6.07. The fraction of sp³-hybridized carbons (Fsp3) is 0.115. The molecule has 168 valence electrons. The molecule has 3 nitrogen and oxygen atoms in total. The van der Waals surface area contributed by atoms with Gasteiger partial charge in [0, 0.05) is 0 Å². The second kappa shape index (κ2) is 8.58. The molecule has 0 saturated carbocycles. The molecule has 0 heterocycles. The minimum atomic E-state index is -4.47. The van der Waals surface area contributed by atoms with Gasteiger partial charge in [-0.1, -0.05) is 24.3 Å². The number of benzene rings is 3. The number of halogens is 4. The normalized spacial score (nSPS) is 14.5. The summed E-state index contributed by atoms with van der Waals surface area (Å²) >= 11 is 0. The van der Waals surface area contributed by atoms with E-state index in [1.54, 1.807) is 37.3 Å². The van der Waals surface area contributed by atoms with E-state index in [1.165, 1.54) is 24.3 Å². The van der Waals surface area contributed by atoms with Gasteiger partial charge in [-0.2, -0.15) is 13.2 Å². The Morgan fingerprint density at radius 1 is 0.970 bits per heavy atom. The van der Waals surface area contributed by atoms with Gasteiger partial charge in [0.15, 0.2) is 0 Å². The Morgan fingerprint density at radius 2 is 1.67 bits per heavy atom. The van der Waals surface area contributed by atoms with Crippen molar-refractivity contribution in [3.8, 4) is 11.5 Å². The number of carboxylic acids is 1. The van der Waals surface area contributed by atoms with E-state index in [-0.39, 0.29) is 12.2 Å². The quantitative estimate of drug-likeness (QED) is 0.408. The summed E-state index contributed by atoms with van der Waals surface area (Å²) in [5, 5.41) is 9.27. The second-order valence-electron chi connectivity index (χ2n) is 7.62. The third-order valence-electron chi connectivity index (χ3n) is 5.35. The summed E-state index contributed by atoms with van der Waals surface area (Å²) in [6, 6.07) is 15.6. The van der Waals surface area contributed by atoms with Gasteiger partial charge in [-0.3, -0.25) is 4.79 Å². The molecule has 0 saturated heterocycles. The number of allylic oxidation sites excluding steroid dienone is 2. The fourth-order valence-corrected chi connectivity index (χ4v) is 3.84. The van der Waals surface area contributed by atoms with E-state index in [0.717, 1.165) is 23.3 Å². The first-order valence-corrected chi connectivity index (χ1v) is 10.0. The molecule has 0 radical (unpaired) electrons. The Kier molecular flexibility index (Phi) is 5.80.